The van der Waals surface area contributed by atoms with E-state index >= 15 is 0 Å². The van der Waals surface area contributed by atoms with E-state index in [9.17, 15) is 0 Å². The lowest BCUT2D eigenvalue weighted by molar-refractivity contribution is 1.04. The van der Waals surface area contributed by atoms with Gasteiger partial charge in [-0.25, -0.2) is 0 Å². The van der Waals surface area contributed by atoms with Crippen molar-refractivity contribution >= 4 is 17.5 Å². The second kappa shape index (κ2) is 6.17. The normalized spacial score (nSPS) is 9.44. The number of nitrogens with zero attached hydrogens (tertiary/aromatic N) is 3. The summed E-state index contributed by atoms with van der Waals surface area (Å²) in [5.41, 5.74) is 7.48. The molecule has 86 valence electrons. The van der Waals surface area contributed by atoms with Crippen LogP contribution in [0.2, 0.25) is 0 Å². The lowest BCUT2D eigenvalue weighted by Gasteiger charge is -1.96. The molecular formula is C11H16N4S. The Bertz CT molecular complexity index is 422. The Morgan fingerprint density at radius 1 is 1.31 bits per heavy atom. The highest BCUT2D eigenvalue weighted by Gasteiger charge is 2.03. The van der Waals surface area contributed by atoms with Crippen LogP contribution >= 0.6 is 11.5 Å². The van der Waals surface area contributed by atoms with E-state index in [0.29, 0.717) is 5.95 Å². The maximum absolute atomic E-state index is 5.44. The molecule has 0 aliphatic rings. The minimum absolute atomic E-state index is 0.324. The summed E-state index contributed by atoms with van der Waals surface area (Å²) < 4.78 is 3.92. The summed E-state index contributed by atoms with van der Waals surface area (Å²) in [7, 11) is 0. The molecular weight excluding hydrogens is 220 g/mol. The monoisotopic (exact) mass is 236 g/mol. The molecule has 2 heterocycles. The fraction of sp³-hybridized carbons (Fsp3) is 0.364. The minimum atomic E-state index is 0.324. The molecule has 0 aliphatic carbocycles. The Labute approximate surface area is 99.7 Å². The number of hydrogen-bond donors (Lipinski definition) is 1. The van der Waals surface area contributed by atoms with Crippen molar-refractivity contribution in [3.05, 3.63) is 24.0 Å². The fourth-order valence-electron chi connectivity index (χ4n) is 1.11. The summed E-state index contributed by atoms with van der Waals surface area (Å²) in [6.45, 7) is 6.07. The van der Waals surface area contributed by atoms with Crippen LogP contribution in [0, 0.1) is 0 Å². The van der Waals surface area contributed by atoms with Crippen molar-refractivity contribution in [2.75, 3.05) is 5.73 Å². The van der Waals surface area contributed by atoms with E-state index in [2.05, 4.69) is 21.3 Å². The molecule has 2 aromatic rings. The van der Waals surface area contributed by atoms with Crippen molar-refractivity contribution in [3.63, 3.8) is 0 Å². The first-order valence-electron chi connectivity index (χ1n) is 5.34. The van der Waals surface area contributed by atoms with Gasteiger partial charge in [-0.05, 0) is 30.1 Å². The molecule has 0 saturated heterocycles. The highest BCUT2D eigenvalue weighted by Crippen LogP contribution is 2.21. The Morgan fingerprint density at radius 2 is 2.06 bits per heavy atom. The molecule has 2 aromatic heterocycles. The Balaban J connectivity index is 0.000000606. The van der Waals surface area contributed by atoms with Gasteiger partial charge in [-0.2, -0.15) is 9.36 Å². The highest BCUT2D eigenvalue weighted by molar-refractivity contribution is 7.09. The molecule has 0 aliphatic heterocycles. The molecule has 5 heteroatoms. The molecule has 4 nitrogen and oxygen atoms in total. The number of aryl methyl sites for hydroxylation is 1. The van der Waals surface area contributed by atoms with E-state index in [-0.39, 0.29) is 0 Å². The van der Waals surface area contributed by atoms with Crippen LogP contribution in [0.5, 0.6) is 0 Å². The first kappa shape index (κ1) is 12.6. The Hall–Kier alpha value is -1.49. The van der Waals surface area contributed by atoms with Crippen molar-refractivity contribution in [2.45, 2.75) is 27.2 Å². The lowest BCUT2D eigenvalue weighted by Crippen LogP contribution is -1.88. The molecule has 0 fully saturated rings. The first-order chi connectivity index (χ1) is 7.79. The molecule has 0 radical (unpaired) electrons. The van der Waals surface area contributed by atoms with Crippen molar-refractivity contribution in [1.29, 1.82) is 0 Å². The van der Waals surface area contributed by atoms with Gasteiger partial charge in [0.1, 0.15) is 5.01 Å². The number of aromatic nitrogens is 3. The number of pyridine rings is 1. The summed E-state index contributed by atoms with van der Waals surface area (Å²) in [5.74, 6) is 0.324. The van der Waals surface area contributed by atoms with Gasteiger partial charge in [-0.1, -0.05) is 20.8 Å². The van der Waals surface area contributed by atoms with Gasteiger partial charge in [-0.3, -0.25) is 4.98 Å². The molecule has 2 N–H and O–H groups in total. The summed E-state index contributed by atoms with van der Waals surface area (Å²) in [6.07, 6.45) is 2.75. The molecule has 0 spiro atoms. The molecule has 0 atom stereocenters. The zero-order valence-corrected chi connectivity index (χ0v) is 10.6. The SMILES string of the molecule is CC.CCc1ccc(-c2nc(N)ns2)cn1. The Kier molecular flexibility index (Phi) is 4.85. The van der Waals surface area contributed by atoms with Crippen molar-refractivity contribution in [1.82, 2.24) is 14.3 Å². The minimum Gasteiger partial charge on any atom is -0.367 e. The second-order valence-electron chi connectivity index (χ2n) is 2.85. The standard InChI is InChI=1S/C9H10N4S.C2H6/c1-2-7-4-3-6(5-11-7)8-12-9(10)13-14-8;1-2/h3-5H,2H2,1H3,(H2,10,13);1-2H3. The summed E-state index contributed by atoms with van der Waals surface area (Å²) >= 11 is 1.29. The van der Waals surface area contributed by atoms with E-state index in [1.165, 1.54) is 11.5 Å². The second-order valence-corrected chi connectivity index (χ2v) is 3.60. The number of anilines is 1. The van der Waals surface area contributed by atoms with Crippen LogP contribution in [0.15, 0.2) is 18.3 Å². The number of nitrogen functional groups attached to an aromatic ring is 1. The van der Waals surface area contributed by atoms with E-state index in [1.807, 2.05) is 26.0 Å². The highest BCUT2D eigenvalue weighted by atomic mass is 32.1. The summed E-state index contributed by atoms with van der Waals surface area (Å²) in [5, 5.41) is 0.817. The molecule has 0 aromatic carbocycles. The van der Waals surface area contributed by atoms with Gasteiger partial charge in [0, 0.05) is 17.5 Å². The lowest BCUT2D eigenvalue weighted by atomic mass is 10.2. The van der Waals surface area contributed by atoms with Crippen LogP contribution < -0.4 is 5.73 Å². The van der Waals surface area contributed by atoms with Gasteiger partial charge in [0.05, 0.1) is 0 Å². The van der Waals surface area contributed by atoms with Crippen LogP contribution in [0.25, 0.3) is 10.6 Å². The third-order valence-corrected chi connectivity index (χ3v) is 2.65. The van der Waals surface area contributed by atoms with Gasteiger partial charge in [0.15, 0.2) is 0 Å². The topological polar surface area (TPSA) is 64.7 Å². The van der Waals surface area contributed by atoms with Gasteiger partial charge >= 0.3 is 0 Å². The zero-order valence-electron chi connectivity index (χ0n) is 9.77. The van der Waals surface area contributed by atoms with Crippen LogP contribution in [-0.4, -0.2) is 14.3 Å². The number of nitrogens with two attached hydrogens (primary N) is 1. The fourth-order valence-corrected chi connectivity index (χ4v) is 1.69. The third-order valence-electron chi connectivity index (χ3n) is 1.88. The van der Waals surface area contributed by atoms with Crippen molar-refractivity contribution < 1.29 is 0 Å². The molecule has 0 amide bonds. The van der Waals surface area contributed by atoms with Crippen LogP contribution in [0.4, 0.5) is 5.95 Å². The summed E-state index contributed by atoms with van der Waals surface area (Å²) in [4.78, 5) is 8.36. The van der Waals surface area contributed by atoms with E-state index in [1.54, 1.807) is 6.20 Å². The zero-order chi connectivity index (χ0) is 12.0. The van der Waals surface area contributed by atoms with Gasteiger partial charge in [0.25, 0.3) is 0 Å². The van der Waals surface area contributed by atoms with Gasteiger partial charge < -0.3 is 5.73 Å². The van der Waals surface area contributed by atoms with E-state index in [0.717, 1.165) is 22.7 Å². The third kappa shape index (κ3) is 3.00. The van der Waals surface area contributed by atoms with Gasteiger partial charge in [-0.15, -0.1) is 0 Å². The molecule has 0 saturated carbocycles. The maximum atomic E-state index is 5.44. The predicted molar refractivity (Wildman–Crippen MR) is 68.3 cm³/mol. The van der Waals surface area contributed by atoms with E-state index in [4.69, 9.17) is 5.73 Å². The van der Waals surface area contributed by atoms with Crippen molar-refractivity contribution in [3.8, 4) is 10.6 Å². The van der Waals surface area contributed by atoms with Crippen LogP contribution in [0.1, 0.15) is 26.5 Å². The maximum Gasteiger partial charge on any atom is 0.232 e. The largest absolute Gasteiger partial charge is 0.367 e. The molecule has 0 unspecified atom stereocenters. The van der Waals surface area contributed by atoms with Crippen LogP contribution in [0.3, 0.4) is 0 Å². The van der Waals surface area contributed by atoms with Crippen LogP contribution in [-0.2, 0) is 6.42 Å². The smallest absolute Gasteiger partial charge is 0.232 e. The predicted octanol–water partition coefficient (Wildman–Crippen LogP) is 2.77. The van der Waals surface area contributed by atoms with Crippen molar-refractivity contribution in [2.24, 2.45) is 0 Å². The molecule has 2 rings (SSSR count). The molecule has 0 bridgehead atoms. The quantitative estimate of drug-likeness (QED) is 0.870. The summed E-state index contributed by atoms with van der Waals surface area (Å²) in [6, 6.07) is 3.98. The number of hydrogen-bond acceptors (Lipinski definition) is 5. The first-order valence-corrected chi connectivity index (χ1v) is 6.11. The average molecular weight is 236 g/mol. The molecule has 16 heavy (non-hydrogen) atoms. The Morgan fingerprint density at radius 3 is 2.50 bits per heavy atom. The van der Waals surface area contributed by atoms with E-state index < -0.39 is 0 Å². The average Bonchev–Trinajstić information content (AvgIpc) is 2.79. The number of rotatable bonds is 2. The van der Waals surface area contributed by atoms with Gasteiger partial charge in [0.2, 0.25) is 5.95 Å².